The highest BCUT2D eigenvalue weighted by molar-refractivity contribution is 5.96. The van der Waals surface area contributed by atoms with Gasteiger partial charge in [-0.1, -0.05) is 31.5 Å². The van der Waals surface area contributed by atoms with Crippen LogP contribution in [0.2, 0.25) is 0 Å². The number of hydrogen-bond donors (Lipinski definition) is 2. The number of benzene rings is 1. The summed E-state index contributed by atoms with van der Waals surface area (Å²) in [6.45, 7) is 7.35. The van der Waals surface area contributed by atoms with Crippen molar-refractivity contribution in [3.05, 3.63) is 47.7 Å². The molecule has 2 aromatic rings. The zero-order valence-electron chi connectivity index (χ0n) is 18.4. The van der Waals surface area contributed by atoms with E-state index in [1.807, 2.05) is 52.0 Å². The number of anilines is 1. The lowest BCUT2D eigenvalue weighted by Gasteiger charge is -2.25. The van der Waals surface area contributed by atoms with E-state index in [2.05, 4.69) is 21.7 Å². The van der Waals surface area contributed by atoms with Gasteiger partial charge in [0, 0.05) is 17.7 Å². The van der Waals surface area contributed by atoms with Crippen molar-refractivity contribution in [1.82, 2.24) is 10.3 Å². The number of amides is 2. The second-order valence-electron chi connectivity index (χ2n) is 8.88. The second-order valence-corrected chi connectivity index (χ2v) is 8.88. The van der Waals surface area contributed by atoms with Crippen molar-refractivity contribution in [3.8, 4) is 17.3 Å². The molecule has 3 rings (SSSR count). The molecule has 2 amide bonds. The summed E-state index contributed by atoms with van der Waals surface area (Å²) in [6, 6.07) is 11.2. The molecule has 7 heteroatoms. The molecule has 2 N–H and O–H groups in total. The quantitative estimate of drug-likeness (QED) is 0.680. The molecule has 0 unspecified atom stereocenters. The number of hydrogen-bond acceptors (Lipinski definition) is 5. The van der Waals surface area contributed by atoms with E-state index in [9.17, 15) is 14.9 Å². The van der Waals surface area contributed by atoms with E-state index in [1.54, 1.807) is 6.07 Å². The monoisotopic (exact) mass is 420 g/mol. The van der Waals surface area contributed by atoms with Crippen LogP contribution in [-0.4, -0.2) is 22.6 Å². The number of aromatic nitrogens is 1. The van der Waals surface area contributed by atoms with Crippen LogP contribution in [0.25, 0.3) is 11.3 Å². The molecule has 0 spiro atoms. The summed E-state index contributed by atoms with van der Waals surface area (Å²) in [7, 11) is 0. The largest absolute Gasteiger partial charge is 0.444 e. The molecule has 2 bridgehead atoms. The Balaban J connectivity index is 2.02. The number of carbonyl (C=O) groups is 2. The Morgan fingerprint density at radius 3 is 2.77 bits per heavy atom. The van der Waals surface area contributed by atoms with Gasteiger partial charge in [0.05, 0.1) is 23.0 Å². The average molecular weight is 421 g/mol. The summed E-state index contributed by atoms with van der Waals surface area (Å²) in [5, 5.41) is 15.2. The predicted octanol–water partition coefficient (Wildman–Crippen LogP) is 4.94. The van der Waals surface area contributed by atoms with Gasteiger partial charge in [0.1, 0.15) is 11.7 Å². The van der Waals surface area contributed by atoms with E-state index in [-0.39, 0.29) is 17.9 Å². The van der Waals surface area contributed by atoms with Crippen LogP contribution in [0.15, 0.2) is 36.5 Å². The molecule has 1 aliphatic heterocycles. The van der Waals surface area contributed by atoms with E-state index in [4.69, 9.17) is 4.74 Å². The van der Waals surface area contributed by atoms with Gasteiger partial charge in [0.15, 0.2) is 0 Å². The third-order valence-electron chi connectivity index (χ3n) is 5.11. The summed E-state index contributed by atoms with van der Waals surface area (Å²) in [5.41, 5.74) is 2.59. The van der Waals surface area contributed by atoms with Gasteiger partial charge in [-0.05, 0) is 51.3 Å². The summed E-state index contributed by atoms with van der Waals surface area (Å²) in [5.74, 6) is -0.343. The number of nitriles is 1. The lowest BCUT2D eigenvalue weighted by molar-refractivity contribution is -0.119. The van der Waals surface area contributed by atoms with Gasteiger partial charge in [-0.3, -0.25) is 9.78 Å². The Kier molecular flexibility index (Phi) is 6.59. The molecule has 7 nitrogen and oxygen atoms in total. The Hall–Kier alpha value is -3.40. The minimum atomic E-state index is -0.592. The van der Waals surface area contributed by atoms with Crippen molar-refractivity contribution in [2.75, 3.05) is 5.32 Å². The second kappa shape index (κ2) is 9.17. The molecule has 1 aromatic carbocycles. The topological polar surface area (TPSA) is 104 Å². The van der Waals surface area contributed by atoms with Gasteiger partial charge in [0.25, 0.3) is 0 Å². The molecule has 0 fully saturated rings. The first-order valence-electron chi connectivity index (χ1n) is 10.5. The Morgan fingerprint density at radius 1 is 1.29 bits per heavy atom. The van der Waals surface area contributed by atoms with Crippen molar-refractivity contribution < 1.29 is 14.3 Å². The zero-order chi connectivity index (χ0) is 22.6. The van der Waals surface area contributed by atoms with Crippen LogP contribution in [0, 0.1) is 17.2 Å². The molecule has 0 aliphatic carbocycles. The van der Waals surface area contributed by atoms with Crippen molar-refractivity contribution in [1.29, 1.82) is 5.26 Å². The molecule has 1 aliphatic rings. The first kappa shape index (κ1) is 22.3. The maximum absolute atomic E-state index is 12.7. The molecule has 2 atom stereocenters. The molecule has 162 valence electrons. The minimum absolute atomic E-state index is 0.119. The molecule has 0 saturated heterocycles. The maximum atomic E-state index is 12.7. The predicted molar refractivity (Wildman–Crippen MR) is 118 cm³/mol. The standard InChI is InChI=1S/C24H28N4O3/c1-15-7-5-10-19(28-23(30)31-24(2,3)4)17-8-6-9-18(12-17)21-20(27-22(15)29)11-16(13-25)14-26-21/h6,8-9,11-12,14-15,19H,5,7,10H2,1-4H3,(H,27,29)(H,28,30)/t15-,19+/m1/s1. The normalized spacial score (nSPS) is 19.0. The SMILES string of the molecule is C[C@@H]1CCC[C@H](NC(=O)OC(C)(C)C)c2cccc(c2)-c2ncc(C#N)cc2NC1=O. The molecular weight excluding hydrogens is 392 g/mol. The van der Waals surface area contributed by atoms with Crippen LogP contribution >= 0.6 is 0 Å². The van der Waals surface area contributed by atoms with Crippen molar-refractivity contribution in [2.45, 2.75) is 58.6 Å². The highest BCUT2D eigenvalue weighted by Gasteiger charge is 2.23. The fourth-order valence-corrected chi connectivity index (χ4v) is 3.54. The molecule has 1 aromatic heterocycles. The number of rotatable bonds is 1. The summed E-state index contributed by atoms with van der Waals surface area (Å²) < 4.78 is 5.45. The average Bonchev–Trinajstić information content (AvgIpc) is 2.71. The molecule has 0 saturated carbocycles. The fourth-order valence-electron chi connectivity index (χ4n) is 3.54. The van der Waals surface area contributed by atoms with Gasteiger partial charge in [0.2, 0.25) is 5.91 Å². The first-order chi connectivity index (χ1) is 14.7. The molecule has 0 radical (unpaired) electrons. The summed E-state index contributed by atoms with van der Waals surface area (Å²) >= 11 is 0. The van der Waals surface area contributed by atoms with Gasteiger partial charge < -0.3 is 15.4 Å². The number of ether oxygens (including phenoxy) is 1. The number of nitrogens with one attached hydrogen (secondary N) is 2. The summed E-state index contributed by atoms with van der Waals surface area (Å²) in [4.78, 5) is 29.6. The van der Waals surface area contributed by atoms with Crippen molar-refractivity contribution in [3.63, 3.8) is 0 Å². The van der Waals surface area contributed by atoms with Crippen molar-refractivity contribution >= 4 is 17.7 Å². The van der Waals surface area contributed by atoms with Crippen molar-refractivity contribution in [2.24, 2.45) is 5.92 Å². The van der Waals surface area contributed by atoms with Gasteiger partial charge in [-0.2, -0.15) is 5.26 Å². The van der Waals surface area contributed by atoms with Gasteiger partial charge in [-0.15, -0.1) is 0 Å². The van der Waals surface area contributed by atoms with E-state index < -0.39 is 11.7 Å². The summed E-state index contributed by atoms with van der Waals surface area (Å²) in [6.07, 6.45) is 3.11. The lowest BCUT2D eigenvalue weighted by atomic mass is 9.94. The number of fused-ring (bicyclic) bond motifs is 4. The lowest BCUT2D eigenvalue weighted by Crippen LogP contribution is -2.35. The van der Waals surface area contributed by atoms with Crippen LogP contribution in [0.4, 0.5) is 10.5 Å². The van der Waals surface area contributed by atoms with Crippen LogP contribution < -0.4 is 10.6 Å². The third-order valence-corrected chi connectivity index (χ3v) is 5.11. The van der Waals surface area contributed by atoms with Gasteiger partial charge in [-0.25, -0.2) is 4.79 Å². The van der Waals surface area contributed by atoms with E-state index in [1.165, 1.54) is 6.20 Å². The molecule has 31 heavy (non-hydrogen) atoms. The van der Waals surface area contributed by atoms with Crippen LogP contribution in [0.5, 0.6) is 0 Å². The maximum Gasteiger partial charge on any atom is 0.408 e. The zero-order valence-corrected chi connectivity index (χ0v) is 18.4. The number of alkyl carbamates (subject to hydrolysis) is 1. The smallest absolute Gasteiger partial charge is 0.408 e. The van der Waals surface area contributed by atoms with E-state index in [0.717, 1.165) is 17.5 Å². The Bertz CT molecular complexity index is 1020. The van der Waals surface area contributed by atoms with Gasteiger partial charge >= 0.3 is 6.09 Å². The fraction of sp³-hybridized carbons (Fsp3) is 0.417. The van der Waals surface area contributed by atoms with E-state index in [0.29, 0.717) is 29.8 Å². The number of pyridine rings is 1. The molecular formula is C24H28N4O3. The Morgan fingerprint density at radius 2 is 2.06 bits per heavy atom. The number of carbonyl (C=O) groups excluding carboxylic acids is 2. The minimum Gasteiger partial charge on any atom is -0.444 e. The van der Waals surface area contributed by atoms with E-state index >= 15 is 0 Å². The number of nitrogens with zero attached hydrogens (tertiary/aromatic N) is 2. The highest BCUT2D eigenvalue weighted by Crippen LogP contribution is 2.32. The van der Waals surface area contributed by atoms with Crippen LogP contribution in [0.1, 0.15) is 64.1 Å². The van der Waals surface area contributed by atoms with Crippen LogP contribution in [0.3, 0.4) is 0 Å². The third kappa shape index (κ3) is 5.82. The van der Waals surface area contributed by atoms with Crippen LogP contribution in [-0.2, 0) is 9.53 Å². The Labute approximate surface area is 182 Å². The first-order valence-corrected chi connectivity index (χ1v) is 10.5. The highest BCUT2D eigenvalue weighted by atomic mass is 16.6. The molecule has 2 heterocycles.